The number of hydrogen-bond donors (Lipinski definition) is 1. The summed E-state index contributed by atoms with van der Waals surface area (Å²) < 4.78 is 11.4. The van der Waals surface area contributed by atoms with Gasteiger partial charge in [-0.1, -0.05) is 48.5 Å². The molecule has 3 aromatic carbocycles. The van der Waals surface area contributed by atoms with Gasteiger partial charge in [-0.2, -0.15) is 5.26 Å². The van der Waals surface area contributed by atoms with Crippen molar-refractivity contribution < 1.29 is 9.47 Å². The first-order valence-corrected chi connectivity index (χ1v) is 9.03. The van der Waals surface area contributed by atoms with Gasteiger partial charge in [0, 0.05) is 29.4 Å². The molecule has 4 heteroatoms. The molecular formula is C24H22N2O2. The van der Waals surface area contributed by atoms with Crippen molar-refractivity contribution in [2.45, 2.75) is 13.0 Å². The number of anilines is 1. The zero-order valence-corrected chi connectivity index (χ0v) is 15.8. The number of nitrogens with one attached hydrogen (secondary N) is 1. The standard InChI is InChI=1S/C24H22N2O2/c1-27-24-13-12-23(28-18-19-8-4-2-5-9-19)15-21(24)14-20(16-25)17-26-22-10-6-3-7-11-22/h2-13,15,17,26H,14,18H2,1H3/b20-17-. The SMILES string of the molecule is COc1ccc(OCc2ccccc2)cc1C/C(C#N)=C/Nc1ccccc1. The molecule has 0 unspecified atom stereocenters. The summed E-state index contributed by atoms with van der Waals surface area (Å²) in [7, 11) is 1.63. The smallest absolute Gasteiger partial charge is 0.122 e. The lowest BCUT2D eigenvalue weighted by Crippen LogP contribution is -2.00. The number of nitrogens with zero attached hydrogens (tertiary/aromatic N) is 1. The molecule has 3 rings (SSSR count). The van der Waals surface area contributed by atoms with Crippen LogP contribution >= 0.6 is 0 Å². The van der Waals surface area contributed by atoms with E-state index in [0.29, 0.717) is 18.6 Å². The van der Waals surface area contributed by atoms with E-state index in [1.165, 1.54) is 0 Å². The lowest BCUT2D eigenvalue weighted by Gasteiger charge is -2.12. The predicted octanol–water partition coefficient (Wildman–Crippen LogP) is 5.34. The van der Waals surface area contributed by atoms with Crippen LogP contribution in [0.3, 0.4) is 0 Å². The number of benzene rings is 3. The Morgan fingerprint density at radius 1 is 1.00 bits per heavy atom. The maximum absolute atomic E-state index is 9.52. The molecule has 0 spiro atoms. The van der Waals surface area contributed by atoms with E-state index in [9.17, 15) is 5.26 Å². The van der Waals surface area contributed by atoms with Crippen molar-refractivity contribution in [1.82, 2.24) is 0 Å². The minimum Gasteiger partial charge on any atom is -0.496 e. The fourth-order valence-corrected chi connectivity index (χ4v) is 2.76. The van der Waals surface area contributed by atoms with E-state index in [-0.39, 0.29) is 0 Å². The Morgan fingerprint density at radius 2 is 1.71 bits per heavy atom. The number of para-hydroxylation sites is 1. The monoisotopic (exact) mass is 370 g/mol. The largest absolute Gasteiger partial charge is 0.496 e. The molecule has 28 heavy (non-hydrogen) atoms. The van der Waals surface area contributed by atoms with Gasteiger partial charge in [-0.15, -0.1) is 0 Å². The first-order chi connectivity index (χ1) is 13.8. The molecule has 140 valence electrons. The van der Waals surface area contributed by atoms with Gasteiger partial charge in [-0.3, -0.25) is 0 Å². The molecule has 3 aromatic rings. The van der Waals surface area contributed by atoms with Crippen molar-refractivity contribution in [2.24, 2.45) is 0 Å². The normalized spacial score (nSPS) is 10.8. The second kappa shape index (κ2) is 9.84. The molecule has 0 saturated carbocycles. The Hall–Kier alpha value is -3.71. The maximum atomic E-state index is 9.52. The first kappa shape index (κ1) is 19.1. The van der Waals surface area contributed by atoms with Gasteiger partial charge in [0.15, 0.2) is 0 Å². The molecule has 0 saturated heterocycles. The minimum atomic E-state index is 0.446. The van der Waals surface area contributed by atoms with Crippen molar-refractivity contribution in [3.05, 3.63) is 102 Å². The second-order valence-corrected chi connectivity index (χ2v) is 6.22. The number of nitriles is 1. The lowest BCUT2D eigenvalue weighted by atomic mass is 10.1. The molecule has 1 N–H and O–H groups in total. The summed E-state index contributed by atoms with van der Waals surface area (Å²) >= 11 is 0. The van der Waals surface area contributed by atoms with E-state index in [0.717, 1.165) is 28.3 Å². The molecule has 0 aromatic heterocycles. The maximum Gasteiger partial charge on any atom is 0.122 e. The topological polar surface area (TPSA) is 54.3 Å². The van der Waals surface area contributed by atoms with Crippen LogP contribution in [-0.4, -0.2) is 7.11 Å². The lowest BCUT2D eigenvalue weighted by molar-refractivity contribution is 0.305. The Balaban J connectivity index is 1.72. The summed E-state index contributed by atoms with van der Waals surface area (Å²) in [6, 6.07) is 27.7. The van der Waals surface area contributed by atoms with Crippen LogP contribution in [0.5, 0.6) is 11.5 Å². The van der Waals surface area contributed by atoms with Gasteiger partial charge in [0.2, 0.25) is 0 Å². The molecule has 0 aliphatic carbocycles. The Labute approximate surface area is 165 Å². The van der Waals surface area contributed by atoms with Crippen LogP contribution in [0, 0.1) is 11.3 Å². The van der Waals surface area contributed by atoms with Gasteiger partial charge in [-0.05, 0) is 35.9 Å². The van der Waals surface area contributed by atoms with Crippen LogP contribution in [0.4, 0.5) is 5.69 Å². The molecular weight excluding hydrogens is 348 g/mol. The van der Waals surface area contributed by atoms with Crippen molar-refractivity contribution in [3.63, 3.8) is 0 Å². The number of ether oxygens (including phenoxy) is 2. The number of methoxy groups -OCH3 is 1. The number of rotatable bonds is 8. The highest BCUT2D eigenvalue weighted by Gasteiger charge is 2.09. The summed E-state index contributed by atoms with van der Waals surface area (Å²) in [4.78, 5) is 0. The third-order valence-corrected chi connectivity index (χ3v) is 4.21. The van der Waals surface area contributed by atoms with Gasteiger partial charge >= 0.3 is 0 Å². The highest BCUT2D eigenvalue weighted by molar-refractivity contribution is 5.49. The third kappa shape index (κ3) is 5.39. The Bertz CT molecular complexity index is 961. The highest BCUT2D eigenvalue weighted by atomic mass is 16.5. The van der Waals surface area contributed by atoms with Crippen molar-refractivity contribution in [2.75, 3.05) is 12.4 Å². The summed E-state index contributed by atoms with van der Waals surface area (Å²) in [6.07, 6.45) is 2.17. The fraction of sp³-hybridized carbons (Fsp3) is 0.125. The second-order valence-electron chi connectivity index (χ2n) is 6.22. The van der Waals surface area contributed by atoms with Gasteiger partial charge in [0.25, 0.3) is 0 Å². The molecule has 0 aliphatic rings. The fourth-order valence-electron chi connectivity index (χ4n) is 2.76. The number of hydrogen-bond acceptors (Lipinski definition) is 4. The zero-order chi connectivity index (χ0) is 19.6. The molecule has 0 bridgehead atoms. The van der Waals surface area contributed by atoms with E-state index < -0.39 is 0 Å². The van der Waals surface area contributed by atoms with Crippen molar-refractivity contribution in [3.8, 4) is 17.6 Å². The average molecular weight is 370 g/mol. The molecule has 0 fully saturated rings. The molecule has 0 atom stereocenters. The molecule has 0 radical (unpaired) electrons. The van der Waals surface area contributed by atoms with Gasteiger partial charge in [-0.25, -0.2) is 0 Å². The Kier molecular flexibility index (Phi) is 6.70. The summed E-state index contributed by atoms with van der Waals surface area (Å²) in [5.74, 6) is 1.47. The van der Waals surface area contributed by atoms with Crippen LogP contribution in [0.25, 0.3) is 0 Å². The molecule has 0 amide bonds. The summed E-state index contributed by atoms with van der Waals surface area (Å²) in [6.45, 7) is 0.489. The summed E-state index contributed by atoms with van der Waals surface area (Å²) in [5.41, 5.74) is 3.53. The van der Waals surface area contributed by atoms with E-state index in [4.69, 9.17) is 9.47 Å². The number of allylic oxidation sites excluding steroid dienone is 1. The van der Waals surface area contributed by atoms with E-state index in [2.05, 4.69) is 11.4 Å². The zero-order valence-electron chi connectivity index (χ0n) is 15.8. The molecule has 0 aliphatic heterocycles. The summed E-state index contributed by atoms with van der Waals surface area (Å²) in [5, 5.41) is 12.7. The molecule has 0 heterocycles. The van der Waals surface area contributed by atoms with Crippen molar-refractivity contribution in [1.29, 1.82) is 5.26 Å². The van der Waals surface area contributed by atoms with E-state index >= 15 is 0 Å². The van der Waals surface area contributed by atoms with Gasteiger partial charge in [0.1, 0.15) is 18.1 Å². The quantitative estimate of drug-likeness (QED) is 0.544. The van der Waals surface area contributed by atoms with Crippen LogP contribution in [0.1, 0.15) is 11.1 Å². The van der Waals surface area contributed by atoms with Gasteiger partial charge < -0.3 is 14.8 Å². The minimum absolute atomic E-state index is 0.446. The molecule has 4 nitrogen and oxygen atoms in total. The van der Waals surface area contributed by atoms with E-state index in [1.807, 2.05) is 78.9 Å². The Morgan fingerprint density at radius 3 is 2.39 bits per heavy atom. The van der Waals surface area contributed by atoms with Crippen LogP contribution < -0.4 is 14.8 Å². The first-order valence-electron chi connectivity index (χ1n) is 9.03. The average Bonchev–Trinajstić information content (AvgIpc) is 2.76. The third-order valence-electron chi connectivity index (χ3n) is 4.21. The van der Waals surface area contributed by atoms with Gasteiger partial charge in [0.05, 0.1) is 13.2 Å². The van der Waals surface area contributed by atoms with Crippen LogP contribution in [0.15, 0.2) is 90.6 Å². The van der Waals surface area contributed by atoms with Crippen molar-refractivity contribution >= 4 is 5.69 Å². The van der Waals surface area contributed by atoms with E-state index in [1.54, 1.807) is 13.3 Å². The van der Waals surface area contributed by atoms with Crippen LogP contribution in [0.2, 0.25) is 0 Å². The van der Waals surface area contributed by atoms with Crippen LogP contribution in [-0.2, 0) is 13.0 Å². The highest BCUT2D eigenvalue weighted by Crippen LogP contribution is 2.27. The predicted molar refractivity (Wildman–Crippen MR) is 111 cm³/mol.